The van der Waals surface area contributed by atoms with E-state index in [1.807, 2.05) is 14.5 Å². The van der Waals surface area contributed by atoms with Crippen LogP contribution in [0.2, 0.25) is 5.02 Å². The van der Waals surface area contributed by atoms with Gasteiger partial charge in [0.25, 0.3) is 5.91 Å². The highest BCUT2D eigenvalue weighted by molar-refractivity contribution is 7.90. The van der Waals surface area contributed by atoms with Gasteiger partial charge in [-0.3, -0.25) is 9.69 Å². The minimum atomic E-state index is -4.79. The number of carbonyl (C=O) groups excluding carboxylic acids is 1. The molecule has 1 aromatic heterocycles. The van der Waals surface area contributed by atoms with Gasteiger partial charge in [0.15, 0.2) is 0 Å². The largest absolute Gasteiger partial charge is 0.573 e. The molecular weight excluding hydrogens is 516 g/mol. The fraction of sp³-hybridized carbons (Fsp3) is 0.429. The number of alkyl halides is 3. The average molecular weight is 539 g/mol. The Hall–Kier alpha value is -2.64. The van der Waals surface area contributed by atoms with Crippen molar-refractivity contribution >= 4 is 33.3 Å². The SMILES string of the molecule is CC(C)S(=O)(=O)NC(=O)c1cc(Cl)c(CN2CCN(c3ccc(OC(F)(F)F)cn3)CC2)cc1F. The minimum absolute atomic E-state index is 0.114. The van der Waals surface area contributed by atoms with Crippen molar-refractivity contribution in [3.63, 3.8) is 0 Å². The van der Waals surface area contributed by atoms with Gasteiger partial charge in [-0.1, -0.05) is 11.6 Å². The normalized spacial score (nSPS) is 15.4. The smallest absolute Gasteiger partial charge is 0.404 e. The van der Waals surface area contributed by atoms with Crippen LogP contribution in [0.4, 0.5) is 23.4 Å². The van der Waals surface area contributed by atoms with Crippen LogP contribution in [0, 0.1) is 5.82 Å². The highest BCUT2D eigenvalue weighted by Gasteiger charge is 2.31. The standard InChI is InChI=1S/C21H23ClF4N4O4S/c1-13(2)35(32,33)28-20(31)16-10-17(22)14(9-18(16)23)12-29-5-7-30(8-6-29)19-4-3-15(11-27-19)34-21(24,25)26/h3-4,9-11,13H,5-8,12H2,1-2H3,(H,28,31). The van der Waals surface area contributed by atoms with Gasteiger partial charge in [-0.2, -0.15) is 0 Å². The van der Waals surface area contributed by atoms with Crippen molar-refractivity contribution in [2.45, 2.75) is 32.0 Å². The summed E-state index contributed by atoms with van der Waals surface area (Å²) in [5.74, 6) is -1.91. The summed E-state index contributed by atoms with van der Waals surface area (Å²) in [5.41, 5.74) is -0.0514. The lowest BCUT2D eigenvalue weighted by molar-refractivity contribution is -0.274. The molecule has 8 nitrogen and oxygen atoms in total. The van der Waals surface area contributed by atoms with E-state index in [4.69, 9.17) is 11.6 Å². The summed E-state index contributed by atoms with van der Waals surface area (Å²) in [6, 6.07) is 4.83. The number of sulfonamides is 1. The first-order valence-electron chi connectivity index (χ1n) is 10.5. The number of nitrogens with one attached hydrogen (secondary N) is 1. The van der Waals surface area contributed by atoms with Crippen molar-refractivity contribution in [2.75, 3.05) is 31.1 Å². The summed E-state index contributed by atoms with van der Waals surface area (Å²) < 4.78 is 80.9. The molecule has 192 valence electrons. The van der Waals surface area contributed by atoms with E-state index in [0.29, 0.717) is 37.6 Å². The highest BCUT2D eigenvalue weighted by atomic mass is 35.5. The van der Waals surface area contributed by atoms with Gasteiger partial charge >= 0.3 is 6.36 Å². The fourth-order valence-electron chi connectivity index (χ4n) is 3.31. The highest BCUT2D eigenvalue weighted by Crippen LogP contribution is 2.26. The van der Waals surface area contributed by atoms with Crippen molar-refractivity contribution in [3.8, 4) is 5.75 Å². The topological polar surface area (TPSA) is 91.8 Å². The lowest BCUT2D eigenvalue weighted by atomic mass is 10.1. The number of amides is 1. The maximum absolute atomic E-state index is 14.6. The van der Waals surface area contributed by atoms with E-state index in [1.165, 1.54) is 26.0 Å². The van der Waals surface area contributed by atoms with Crippen LogP contribution in [0.5, 0.6) is 5.75 Å². The lowest BCUT2D eigenvalue weighted by Crippen LogP contribution is -2.46. The summed E-state index contributed by atoms with van der Waals surface area (Å²) in [6.07, 6.45) is -3.79. The number of benzene rings is 1. The number of piperazine rings is 1. The van der Waals surface area contributed by atoms with Crippen molar-refractivity contribution in [2.24, 2.45) is 0 Å². The Balaban J connectivity index is 1.60. The molecule has 1 aliphatic rings. The van der Waals surface area contributed by atoms with E-state index < -0.39 is 44.7 Å². The zero-order valence-electron chi connectivity index (χ0n) is 18.8. The first kappa shape index (κ1) is 27.0. The lowest BCUT2D eigenvalue weighted by Gasteiger charge is -2.35. The summed E-state index contributed by atoms with van der Waals surface area (Å²) >= 11 is 6.25. The molecule has 0 saturated carbocycles. The van der Waals surface area contributed by atoms with E-state index in [-0.39, 0.29) is 11.6 Å². The first-order chi connectivity index (χ1) is 16.2. The molecule has 1 N–H and O–H groups in total. The number of halogens is 5. The van der Waals surface area contributed by atoms with Crippen LogP contribution < -0.4 is 14.4 Å². The molecule has 14 heteroatoms. The Labute approximate surface area is 204 Å². The summed E-state index contributed by atoms with van der Waals surface area (Å²) in [5, 5.41) is -0.757. The molecule has 0 atom stereocenters. The second kappa shape index (κ2) is 10.5. The average Bonchev–Trinajstić information content (AvgIpc) is 2.75. The Kier molecular flexibility index (Phi) is 8.12. The van der Waals surface area contributed by atoms with Crippen molar-refractivity contribution in [1.29, 1.82) is 0 Å². The van der Waals surface area contributed by atoms with Gasteiger partial charge in [0, 0.05) is 37.7 Å². The number of pyridine rings is 1. The van der Waals surface area contributed by atoms with Crippen LogP contribution in [0.1, 0.15) is 29.8 Å². The molecule has 1 amide bonds. The minimum Gasteiger partial charge on any atom is -0.404 e. The maximum Gasteiger partial charge on any atom is 0.573 e. The number of carbonyl (C=O) groups is 1. The number of anilines is 1. The molecule has 1 fully saturated rings. The number of hydrogen-bond acceptors (Lipinski definition) is 7. The van der Waals surface area contributed by atoms with Crippen molar-refractivity contribution in [1.82, 2.24) is 14.6 Å². The first-order valence-corrected chi connectivity index (χ1v) is 12.4. The van der Waals surface area contributed by atoms with Crippen LogP contribution in [0.25, 0.3) is 0 Å². The van der Waals surface area contributed by atoms with Crippen LogP contribution in [0.15, 0.2) is 30.5 Å². The third kappa shape index (κ3) is 7.18. The Morgan fingerprint density at radius 2 is 1.86 bits per heavy atom. The van der Waals surface area contributed by atoms with E-state index >= 15 is 0 Å². The Morgan fingerprint density at radius 3 is 2.40 bits per heavy atom. The molecule has 0 bridgehead atoms. The predicted molar refractivity (Wildman–Crippen MR) is 121 cm³/mol. The Bertz CT molecular complexity index is 1170. The summed E-state index contributed by atoms with van der Waals surface area (Å²) in [7, 11) is -3.93. The van der Waals surface area contributed by atoms with Gasteiger partial charge in [-0.05, 0) is 43.7 Å². The monoisotopic (exact) mass is 538 g/mol. The van der Waals surface area contributed by atoms with Gasteiger partial charge < -0.3 is 9.64 Å². The van der Waals surface area contributed by atoms with E-state index in [2.05, 4.69) is 9.72 Å². The maximum atomic E-state index is 14.6. The molecule has 1 saturated heterocycles. The third-order valence-electron chi connectivity index (χ3n) is 5.28. The molecule has 0 spiro atoms. The molecule has 0 unspecified atom stereocenters. The molecule has 1 aliphatic heterocycles. The van der Waals surface area contributed by atoms with Gasteiger partial charge in [-0.15, -0.1) is 13.2 Å². The number of aromatic nitrogens is 1. The summed E-state index contributed by atoms with van der Waals surface area (Å²) in [6.45, 7) is 5.15. The molecule has 0 radical (unpaired) electrons. The summed E-state index contributed by atoms with van der Waals surface area (Å²) in [4.78, 5) is 20.1. The van der Waals surface area contributed by atoms with Crippen LogP contribution in [-0.4, -0.2) is 62.0 Å². The Morgan fingerprint density at radius 1 is 1.20 bits per heavy atom. The van der Waals surface area contributed by atoms with E-state index in [0.717, 1.165) is 18.3 Å². The molecule has 2 aromatic rings. The van der Waals surface area contributed by atoms with Crippen molar-refractivity contribution in [3.05, 3.63) is 52.4 Å². The number of hydrogen-bond donors (Lipinski definition) is 1. The van der Waals surface area contributed by atoms with E-state index in [9.17, 15) is 30.8 Å². The number of ether oxygens (including phenoxy) is 1. The van der Waals surface area contributed by atoms with Crippen LogP contribution in [-0.2, 0) is 16.6 Å². The second-order valence-corrected chi connectivity index (χ2v) is 10.8. The quantitative estimate of drug-likeness (QED) is 0.539. The third-order valence-corrected chi connectivity index (χ3v) is 7.34. The second-order valence-electron chi connectivity index (χ2n) is 8.11. The molecule has 35 heavy (non-hydrogen) atoms. The number of rotatable bonds is 7. The van der Waals surface area contributed by atoms with Crippen molar-refractivity contribution < 1.29 is 35.5 Å². The predicted octanol–water partition coefficient (Wildman–Crippen LogP) is 3.56. The number of nitrogens with zero attached hydrogens (tertiary/aromatic N) is 3. The fourth-order valence-corrected chi connectivity index (χ4v) is 4.14. The molecule has 2 heterocycles. The van der Waals surface area contributed by atoms with Gasteiger partial charge in [-0.25, -0.2) is 22.5 Å². The van der Waals surface area contributed by atoms with Gasteiger partial charge in [0.05, 0.1) is 17.0 Å². The van der Waals surface area contributed by atoms with Crippen LogP contribution in [0.3, 0.4) is 0 Å². The van der Waals surface area contributed by atoms with Gasteiger partial charge in [0.1, 0.15) is 17.4 Å². The molecular formula is C21H23ClF4N4O4S. The molecule has 0 aliphatic carbocycles. The van der Waals surface area contributed by atoms with E-state index in [1.54, 1.807) is 0 Å². The molecule has 1 aromatic carbocycles. The van der Waals surface area contributed by atoms with Gasteiger partial charge in [0.2, 0.25) is 10.0 Å². The zero-order valence-corrected chi connectivity index (χ0v) is 20.3. The van der Waals surface area contributed by atoms with Crippen LogP contribution >= 0.6 is 11.6 Å². The molecule has 3 rings (SSSR count). The zero-order chi connectivity index (χ0) is 26.0.